The monoisotopic (exact) mass is 387 g/mol. The molecule has 0 radical (unpaired) electrons. The Morgan fingerprint density at radius 3 is 2.54 bits per heavy atom. The number of anilines is 1. The predicted octanol–water partition coefficient (Wildman–Crippen LogP) is 4.88. The fourth-order valence-corrected chi connectivity index (χ4v) is 2.43. The van der Waals surface area contributed by atoms with Gasteiger partial charge in [-0.25, -0.2) is 0 Å². The van der Waals surface area contributed by atoms with Crippen molar-refractivity contribution < 1.29 is 22.7 Å². The maximum absolute atomic E-state index is 13.4. The van der Waals surface area contributed by atoms with Crippen molar-refractivity contribution in [2.24, 2.45) is 7.05 Å². The van der Waals surface area contributed by atoms with Gasteiger partial charge in [0, 0.05) is 24.9 Å². The number of aromatic nitrogens is 2. The molecule has 1 aromatic heterocycles. The SMILES string of the molecule is Cn1cc(/C=C/C(=O)Nc2ccc(Oc3ccccc3)cc2C(F)(F)F)cn1. The van der Waals surface area contributed by atoms with E-state index < -0.39 is 17.6 Å². The van der Waals surface area contributed by atoms with Crippen LogP contribution in [0.3, 0.4) is 0 Å². The summed E-state index contributed by atoms with van der Waals surface area (Å²) in [5.41, 5.74) is -0.696. The molecule has 0 bridgehead atoms. The van der Waals surface area contributed by atoms with Gasteiger partial charge < -0.3 is 10.1 Å². The summed E-state index contributed by atoms with van der Waals surface area (Å²) in [6.07, 6.45) is 1.14. The summed E-state index contributed by atoms with van der Waals surface area (Å²) < 4.78 is 47.3. The minimum atomic E-state index is -4.66. The van der Waals surface area contributed by atoms with Crippen molar-refractivity contribution in [1.82, 2.24) is 9.78 Å². The molecule has 0 spiro atoms. The average Bonchev–Trinajstić information content (AvgIpc) is 3.07. The van der Waals surface area contributed by atoms with Gasteiger partial charge in [-0.3, -0.25) is 9.48 Å². The van der Waals surface area contributed by atoms with Crippen molar-refractivity contribution in [3.05, 3.63) is 78.1 Å². The summed E-state index contributed by atoms with van der Waals surface area (Å²) in [6, 6.07) is 11.8. The number of hydrogen-bond donors (Lipinski definition) is 1. The number of carbonyl (C=O) groups is 1. The van der Waals surface area contributed by atoms with Crippen molar-refractivity contribution in [2.75, 3.05) is 5.32 Å². The number of ether oxygens (including phenoxy) is 1. The molecule has 2 aromatic carbocycles. The number of halogens is 3. The van der Waals surface area contributed by atoms with Crippen LogP contribution in [0.25, 0.3) is 6.08 Å². The number of carbonyl (C=O) groups excluding carboxylic acids is 1. The van der Waals surface area contributed by atoms with Gasteiger partial charge in [0.05, 0.1) is 17.4 Å². The van der Waals surface area contributed by atoms with Gasteiger partial charge in [-0.05, 0) is 36.4 Å². The zero-order valence-electron chi connectivity index (χ0n) is 14.8. The number of para-hydroxylation sites is 1. The smallest absolute Gasteiger partial charge is 0.418 e. The second-order valence-electron chi connectivity index (χ2n) is 5.89. The molecule has 0 atom stereocenters. The molecule has 0 unspecified atom stereocenters. The highest BCUT2D eigenvalue weighted by Crippen LogP contribution is 2.38. The van der Waals surface area contributed by atoms with Crippen molar-refractivity contribution in [1.29, 1.82) is 0 Å². The van der Waals surface area contributed by atoms with Crippen LogP contribution >= 0.6 is 0 Å². The Kier molecular flexibility index (Phi) is 5.49. The lowest BCUT2D eigenvalue weighted by molar-refractivity contribution is -0.137. The van der Waals surface area contributed by atoms with Gasteiger partial charge in [0.15, 0.2) is 0 Å². The van der Waals surface area contributed by atoms with Crippen LogP contribution < -0.4 is 10.1 Å². The second kappa shape index (κ2) is 7.99. The first-order chi connectivity index (χ1) is 13.3. The Labute approximate surface area is 159 Å². The summed E-state index contributed by atoms with van der Waals surface area (Å²) in [4.78, 5) is 12.0. The van der Waals surface area contributed by atoms with E-state index in [4.69, 9.17) is 4.74 Å². The fourth-order valence-electron chi connectivity index (χ4n) is 2.43. The lowest BCUT2D eigenvalue weighted by atomic mass is 10.1. The third-order valence-corrected chi connectivity index (χ3v) is 3.69. The molecule has 0 saturated heterocycles. The zero-order chi connectivity index (χ0) is 20.1. The Hall–Kier alpha value is -3.55. The van der Waals surface area contributed by atoms with Crippen LogP contribution in [-0.4, -0.2) is 15.7 Å². The molecule has 144 valence electrons. The van der Waals surface area contributed by atoms with E-state index >= 15 is 0 Å². The fraction of sp³-hybridized carbons (Fsp3) is 0.100. The average molecular weight is 387 g/mol. The standard InChI is InChI=1S/C20H16F3N3O2/c1-26-13-14(12-24-26)7-10-19(27)25-18-9-8-16(11-17(18)20(21,22)23)28-15-5-3-2-4-6-15/h2-13H,1H3,(H,25,27)/b10-7+. The Bertz CT molecular complexity index is 995. The Morgan fingerprint density at radius 1 is 1.14 bits per heavy atom. The van der Waals surface area contributed by atoms with Crippen molar-refractivity contribution in [3.63, 3.8) is 0 Å². The first-order valence-corrected chi connectivity index (χ1v) is 8.23. The molecule has 1 amide bonds. The van der Waals surface area contributed by atoms with Gasteiger partial charge in [0.1, 0.15) is 11.5 Å². The lowest BCUT2D eigenvalue weighted by Gasteiger charge is -2.15. The van der Waals surface area contributed by atoms with Gasteiger partial charge in [-0.2, -0.15) is 18.3 Å². The van der Waals surface area contributed by atoms with Gasteiger partial charge >= 0.3 is 6.18 Å². The summed E-state index contributed by atoms with van der Waals surface area (Å²) in [6.45, 7) is 0. The number of hydrogen-bond acceptors (Lipinski definition) is 3. The minimum Gasteiger partial charge on any atom is -0.457 e. The summed E-state index contributed by atoms with van der Waals surface area (Å²) >= 11 is 0. The molecule has 1 N–H and O–H groups in total. The molecule has 0 fully saturated rings. The molecule has 0 aliphatic rings. The van der Waals surface area contributed by atoms with Crippen LogP contribution in [0.15, 0.2) is 67.0 Å². The third-order valence-electron chi connectivity index (χ3n) is 3.69. The molecule has 28 heavy (non-hydrogen) atoms. The third kappa shape index (κ3) is 5.00. The normalized spacial score (nSPS) is 11.6. The second-order valence-corrected chi connectivity index (χ2v) is 5.89. The highest BCUT2D eigenvalue weighted by molar-refractivity contribution is 6.02. The van der Waals surface area contributed by atoms with E-state index in [1.807, 2.05) is 0 Å². The number of nitrogens with zero attached hydrogens (tertiary/aromatic N) is 2. The van der Waals surface area contributed by atoms with Crippen LogP contribution in [0.5, 0.6) is 11.5 Å². The van der Waals surface area contributed by atoms with Gasteiger partial charge in [0.2, 0.25) is 5.91 Å². The number of nitrogens with one attached hydrogen (secondary N) is 1. The topological polar surface area (TPSA) is 56.2 Å². The van der Waals surface area contributed by atoms with E-state index in [-0.39, 0.29) is 11.4 Å². The van der Waals surface area contributed by atoms with Crippen molar-refractivity contribution in [3.8, 4) is 11.5 Å². The highest BCUT2D eigenvalue weighted by atomic mass is 19.4. The molecule has 3 rings (SSSR count). The minimum absolute atomic E-state index is 0.0161. The van der Waals surface area contributed by atoms with E-state index in [0.29, 0.717) is 11.3 Å². The number of benzene rings is 2. The summed E-state index contributed by atoms with van der Waals surface area (Å²) in [7, 11) is 1.71. The highest BCUT2D eigenvalue weighted by Gasteiger charge is 2.34. The molecule has 0 aliphatic heterocycles. The van der Waals surface area contributed by atoms with E-state index in [9.17, 15) is 18.0 Å². The molecule has 1 heterocycles. The molecule has 0 saturated carbocycles. The zero-order valence-corrected chi connectivity index (χ0v) is 14.8. The first-order valence-electron chi connectivity index (χ1n) is 8.23. The lowest BCUT2D eigenvalue weighted by Crippen LogP contribution is -2.14. The quantitative estimate of drug-likeness (QED) is 0.635. The van der Waals surface area contributed by atoms with Gasteiger partial charge in [-0.1, -0.05) is 18.2 Å². The molecule has 0 aliphatic carbocycles. The molecule has 8 heteroatoms. The maximum atomic E-state index is 13.4. The largest absolute Gasteiger partial charge is 0.457 e. The van der Waals surface area contributed by atoms with E-state index in [0.717, 1.165) is 18.2 Å². The maximum Gasteiger partial charge on any atom is 0.418 e. The van der Waals surface area contributed by atoms with E-state index in [2.05, 4.69) is 10.4 Å². The predicted molar refractivity (Wildman–Crippen MR) is 98.8 cm³/mol. The molecule has 5 nitrogen and oxygen atoms in total. The van der Waals surface area contributed by atoms with Crippen molar-refractivity contribution >= 4 is 17.7 Å². The summed E-state index contributed by atoms with van der Waals surface area (Å²) in [5.74, 6) is -0.264. The first kappa shape index (κ1) is 19.2. The van der Waals surface area contributed by atoms with Gasteiger partial charge in [-0.15, -0.1) is 0 Å². The van der Waals surface area contributed by atoms with Crippen LogP contribution in [-0.2, 0) is 18.0 Å². The van der Waals surface area contributed by atoms with Crippen LogP contribution in [0, 0.1) is 0 Å². The van der Waals surface area contributed by atoms with E-state index in [1.54, 1.807) is 48.3 Å². The van der Waals surface area contributed by atoms with Crippen LogP contribution in [0.2, 0.25) is 0 Å². The van der Waals surface area contributed by atoms with Crippen LogP contribution in [0.4, 0.5) is 18.9 Å². The number of alkyl halides is 3. The van der Waals surface area contributed by atoms with Gasteiger partial charge in [0.25, 0.3) is 0 Å². The van der Waals surface area contributed by atoms with E-state index in [1.165, 1.54) is 18.3 Å². The van der Waals surface area contributed by atoms with Crippen molar-refractivity contribution in [2.45, 2.75) is 6.18 Å². The number of aryl methyl sites for hydroxylation is 1. The number of amides is 1. The molecule has 3 aromatic rings. The summed E-state index contributed by atoms with van der Waals surface area (Å²) in [5, 5.41) is 6.20. The Morgan fingerprint density at radius 2 is 1.89 bits per heavy atom. The molecular weight excluding hydrogens is 371 g/mol. The van der Waals surface area contributed by atoms with Crippen LogP contribution in [0.1, 0.15) is 11.1 Å². The molecular formula is C20H16F3N3O2. The Balaban J connectivity index is 1.79. The number of rotatable bonds is 5.